The minimum absolute atomic E-state index is 0.597. The van der Waals surface area contributed by atoms with Crippen LogP contribution in [0.5, 0.6) is 0 Å². The van der Waals surface area contributed by atoms with Crippen molar-refractivity contribution in [2.24, 2.45) is 0 Å². The first-order valence-corrected chi connectivity index (χ1v) is 23.1. The number of thiophene rings is 1. The molecule has 13 rings (SSSR count). The monoisotopic (exact) mass is 858 g/mol. The highest BCUT2D eigenvalue weighted by atomic mass is 32.1. The first-order chi connectivity index (χ1) is 32.7. The zero-order chi connectivity index (χ0) is 43.6. The Labute approximate surface area is 385 Å². The van der Waals surface area contributed by atoms with Gasteiger partial charge in [0.05, 0.1) is 16.7 Å². The number of rotatable bonds is 7. The van der Waals surface area contributed by atoms with Crippen molar-refractivity contribution in [3.8, 4) is 73.2 Å². The number of para-hydroxylation sites is 2. The van der Waals surface area contributed by atoms with E-state index in [-0.39, 0.29) is 0 Å². The Hall–Kier alpha value is -8.51. The van der Waals surface area contributed by atoms with Crippen molar-refractivity contribution in [3.05, 3.63) is 231 Å². The quantitative estimate of drug-likeness (QED) is 0.160. The molecular formula is C61H38N4S. The van der Waals surface area contributed by atoms with Crippen LogP contribution in [0, 0.1) is 0 Å². The van der Waals surface area contributed by atoms with Crippen LogP contribution >= 0.6 is 11.3 Å². The number of benzene rings is 10. The molecule has 0 unspecified atom stereocenters. The lowest BCUT2D eigenvalue weighted by Gasteiger charge is -2.17. The number of nitrogens with zero attached hydrogens (tertiary/aromatic N) is 4. The molecule has 3 heterocycles. The molecule has 0 fully saturated rings. The van der Waals surface area contributed by atoms with E-state index in [2.05, 4.69) is 235 Å². The zero-order valence-corrected chi connectivity index (χ0v) is 36.5. The van der Waals surface area contributed by atoms with Gasteiger partial charge in [0.15, 0.2) is 17.5 Å². The van der Waals surface area contributed by atoms with Gasteiger partial charge in [0.2, 0.25) is 0 Å². The molecule has 0 atom stereocenters. The molecule has 0 saturated heterocycles. The largest absolute Gasteiger partial charge is 0.308 e. The molecule has 0 spiro atoms. The lowest BCUT2D eigenvalue weighted by Crippen LogP contribution is -2.04. The third-order valence-electron chi connectivity index (χ3n) is 12.8. The number of fused-ring (bicyclic) bond motifs is 7. The average molecular weight is 859 g/mol. The molecule has 308 valence electrons. The van der Waals surface area contributed by atoms with Gasteiger partial charge in [0.1, 0.15) is 0 Å². The summed E-state index contributed by atoms with van der Waals surface area (Å²) < 4.78 is 4.94. The summed E-state index contributed by atoms with van der Waals surface area (Å²) >= 11 is 1.84. The van der Waals surface area contributed by atoms with Crippen LogP contribution in [0.4, 0.5) is 0 Å². The van der Waals surface area contributed by atoms with Gasteiger partial charge >= 0.3 is 0 Å². The van der Waals surface area contributed by atoms with E-state index < -0.39 is 0 Å². The molecule has 0 aliphatic carbocycles. The van der Waals surface area contributed by atoms with E-state index in [9.17, 15) is 0 Å². The van der Waals surface area contributed by atoms with Crippen LogP contribution in [0.3, 0.4) is 0 Å². The minimum Gasteiger partial charge on any atom is -0.308 e. The van der Waals surface area contributed by atoms with Crippen LogP contribution in [0.2, 0.25) is 0 Å². The molecule has 5 heteroatoms. The van der Waals surface area contributed by atoms with E-state index in [1.165, 1.54) is 41.7 Å². The molecule has 13 aromatic rings. The van der Waals surface area contributed by atoms with Gasteiger partial charge in [-0.3, -0.25) is 0 Å². The van der Waals surface area contributed by atoms with Crippen molar-refractivity contribution in [1.82, 2.24) is 19.5 Å². The fourth-order valence-electron chi connectivity index (χ4n) is 9.60. The number of aromatic nitrogens is 4. The highest BCUT2D eigenvalue weighted by Crippen LogP contribution is 2.40. The van der Waals surface area contributed by atoms with Crippen molar-refractivity contribution in [2.45, 2.75) is 0 Å². The first-order valence-electron chi connectivity index (χ1n) is 22.2. The van der Waals surface area contributed by atoms with Crippen molar-refractivity contribution in [1.29, 1.82) is 0 Å². The SMILES string of the molecule is c1ccc(-c2ccc(-c3nc(-c4cccc(-c5ccc6ccccc6c5)c4)nc(-c4cccc(-c5ccc6c(c5)sc5ccccc56)c4)n3)c(-n3c4ccccc4c4ccccc43)c2)cc1. The standard InChI is InChI=1S/C61H38N4S/c1-2-14-39(15-3-1)45-31-33-53(56(37-45)65-54-25-9-6-22-49(54)50-23-7-10-26-55(50)65)61-63-59(47-20-12-18-42(35-47)44-29-28-40-16-4-5-17-41(40)34-44)62-60(64-61)48-21-13-19-43(36-48)46-30-32-52-51-24-8-11-27-57(51)66-58(52)38-46/h1-38H. The molecule has 4 nitrogen and oxygen atoms in total. The first kappa shape index (κ1) is 38.0. The molecule has 10 aromatic carbocycles. The lowest BCUT2D eigenvalue weighted by atomic mass is 9.99. The van der Waals surface area contributed by atoms with Gasteiger partial charge in [0, 0.05) is 47.6 Å². The summed E-state index contributed by atoms with van der Waals surface area (Å²) in [7, 11) is 0. The normalized spacial score (nSPS) is 11.6. The van der Waals surface area contributed by atoms with Crippen LogP contribution in [0.25, 0.3) is 126 Å². The van der Waals surface area contributed by atoms with Crippen molar-refractivity contribution >= 4 is 64.1 Å². The van der Waals surface area contributed by atoms with Crippen molar-refractivity contribution in [3.63, 3.8) is 0 Å². The van der Waals surface area contributed by atoms with Crippen LogP contribution in [-0.4, -0.2) is 19.5 Å². The molecule has 0 radical (unpaired) electrons. The molecule has 0 saturated carbocycles. The fraction of sp³-hybridized carbons (Fsp3) is 0. The topological polar surface area (TPSA) is 43.6 Å². The Morgan fingerprint density at radius 3 is 1.52 bits per heavy atom. The second kappa shape index (κ2) is 15.6. The zero-order valence-electron chi connectivity index (χ0n) is 35.6. The number of hydrogen-bond acceptors (Lipinski definition) is 4. The van der Waals surface area contributed by atoms with E-state index in [4.69, 9.17) is 15.0 Å². The molecule has 0 amide bonds. The van der Waals surface area contributed by atoms with Gasteiger partial charge < -0.3 is 4.57 Å². The van der Waals surface area contributed by atoms with Gasteiger partial charge in [0.25, 0.3) is 0 Å². The summed E-state index contributed by atoms with van der Waals surface area (Å²) in [6.07, 6.45) is 0. The predicted molar refractivity (Wildman–Crippen MR) is 277 cm³/mol. The second-order valence-electron chi connectivity index (χ2n) is 16.8. The Morgan fingerprint density at radius 2 is 0.788 bits per heavy atom. The van der Waals surface area contributed by atoms with Crippen molar-refractivity contribution < 1.29 is 0 Å². The molecular weight excluding hydrogens is 821 g/mol. The smallest absolute Gasteiger partial charge is 0.166 e. The van der Waals surface area contributed by atoms with Gasteiger partial charge in [-0.25, -0.2) is 15.0 Å². The molecule has 66 heavy (non-hydrogen) atoms. The molecule has 3 aromatic heterocycles. The maximum atomic E-state index is 5.43. The molecule has 0 aliphatic rings. The van der Waals surface area contributed by atoms with E-state index in [0.717, 1.165) is 66.8 Å². The van der Waals surface area contributed by atoms with Gasteiger partial charge in [-0.15, -0.1) is 11.3 Å². The summed E-state index contributed by atoms with van der Waals surface area (Å²) in [4.78, 5) is 16.2. The maximum absolute atomic E-state index is 5.43. The Morgan fingerprint density at radius 1 is 0.288 bits per heavy atom. The van der Waals surface area contributed by atoms with E-state index in [1.54, 1.807) is 0 Å². The number of hydrogen-bond donors (Lipinski definition) is 0. The van der Waals surface area contributed by atoms with E-state index >= 15 is 0 Å². The van der Waals surface area contributed by atoms with Gasteiger partial charge in [-0.05, 0) is 98.8 Å². The van der Waals surface area contributed by atoms with Crippen LogP contribution in [-0.2, 0) is 0 Å². The summed E-state index contributed by atoms with van der Waals surface area (Å²) in [6, 6.07) is 82.3. The summed E-state index contributed by atoms with van der Waals surface area (Å²) in [6.45, 7) is 0. The summed E-state index contributed by atoms with van der Waals surface area (Å²) in [5.74, 6) is 1.81. The second-order valence-corrected chi connectivity index (χ2v) is 17.9. The minimum atomic E-state index is 0.597. The average Bonchev–Trinajstić information content (AvgIpc) is 3.94. The Balaban J connectivity index is 1.03. The molecule has 0 aliphatic heterocycles. The third kappa shape index (κ3) is 6.56. The highest BCUT2D eigenvalue weighted by Gasteiger charge is 2.21. The Bertz CT molecular complexity index is 3960. The van der Waals surface area contributed by atoms with Crippen LogP contribution in [0.15, 0.2) is 231 Å². The van der Waals surface area contributed by atoms with Gasteiger partial charge in [-0.1, -0.05) is 176 Å². The molecule has 0 bridgehead atoms. The fourth-order valence-corrected chi connectivity index (χ4v) is 10.7. The molecule has 0 N–H and O–H groups in total. The maximum Gasteiger partial charge on any atom is 0.166 e. The highest BCUT2D eigenvalue weighted by molar-refractivity contribution is 7.25. The van der Waals surface area contributed by atoms with Crippen molar-refractivity contribution in [2.75, 3.05) is 0 Å². The van der Waals surface area contributed by atoms with Crippen LogP contribution in [0.1, 0.15) is 0 Å². The summed E-state index contributed by atoms with van der Waals surface area (Å²) in [5, 5.41) is 7.38. The van der Waals surface area contributed by atoms with E-state index in [0.29, 0.717) is 17.5 Å². The third-order valence-corrected chi connectivity index (χ3v) is 14.0. The van der Waals surface area contributed by atoms with Gasteiger partial charge in [-0.2, -0.15) is 0 Å². The Kier molecular flexibility index (Phi) is 9.00. The predicted octanol–water partition coefficient (Wildman–Crippen LogP) is 16.5. The lowest BCUT2D eigenvalue weighted by molar-refractivity contribution is 1.06. The summed E-state index contributed by atoms with van der Waals surface area (Å²) in [5.41, 5.74) is 12.7. The van der Waals surface area contributed by atoms with E-state index in [1.807, 2.05) is 11.3 Å². The van der Waals surface area contributed by atoms with Crippen LogP contribution < -0.4 is 0 Å².